The maximum atomic E-state index is 13.6. The Morgan fingerprint density at radius 1 is 0.309 bits per heavy atom. The van der Waals surface area contributed by atoms with Crippen LogP contribution in [-0.2, 0) is 159 Å². The Kier molecular flexibility index (Phi) is 36.6. The van der Waals surface area contributed by atoms with E-state index in [0.717, 1.165) is 99.1 Å². The van der Waals surface area contributed by atoms with Crippen molar-refractivity contribution >= 4 is 83.4 Å². The second-order valence-electron chi connectivity index (χ2n) is 33.0. The van der Waals surface area contributed by atoms with E-state index < -0.39 is 22.6 Å². The molecule has 15 aromatic rings. The first-order chi connectivity index (χ1) is 65.2. The normalized spacial score (nSPS) is 11.4. The monoisotopic (exact) mass is 1950 g/mol. The number of fused-ring (bicyclic) bond motifs is 5. The fourth-order valence-corrected chi connectivity index (χ4v) is 15.9. The lowest BCUT2D eigenvalue weighted by atomic mass is 10.1. The van der Waals surface area contributed by atoms with Gasteiger partial charge in [-0.1, -0.05) is 141 Å². The van der Waals surface area contributed by atoms with Crippen molar-refractivity contribution in [1.29, 1.82) is 0 Å². The Balaban J connectivity index is 0.000000163. The molecule has 0 aliphatic heterocycles. The molecule has 0 aliphatic rings. The zero-order valence-corrected chi connectivity index (χ0v) is 82.7. The number of aromatic nitrogens is 20. The highest BCUT2D eigenvalue weighted by Gasteiger charge is 2.26. The number of rotatable bonds is 36. The third-order valence-electron chi connectivity index (χ3n) is 22.9. The summed E-state index contributed by atoms with van der Waals surface area (Å²) in [5.41, 5.74) is 6.20. The van der Waals surface area contributed by atoms with Crippen molar-refractivity contribution < 1.29 is 32.8 Å². The third-order valence-corrected chi connectivity index (χ3v) is 23.7. The summed E-state index contributed by atoms with van der Waals surface area (Å²) in [5.74, 6) is 3.95. The van der Waals surface area contributed by atoms with E-state index in [1.165, 1.54) is 75.8 Å². The molecule has 0 N–H and O–H groups in total. The summed E-state index contributed by atoms with van der Waals surface area (Å²) in [7, 11) is 17.1. The molecule has 10 aromatic heterocycles. The molecule has 15 rings (SSSR count). The molecule has 726 valence electrons. The number of hydrogen-bond donors (Lipinski definition) is 0. The second kappa shape index (κ2) is 48.1. The lowest BCUT2D eigenvalue weighted by Gasteiger charge is -2.11. The van der Waals surface area contributed by atoms with Gasteiger partial charge in [0.25, 0.3) is 27.8 Å². The smallest absolute Gasteiger partial charge is 0.332 e. The number of methoxy groups -OCH3 is 1. The summed E-state index contributed by atoms with van der Waals surface area (Å²) in [6.07, 6.45) is 7.44. The zero-order chi connectivity index (χ0) is 98.5. The molecule has 39 heteroatoms. The fraction of sp³-hybridized carbons (Fsp3) is 0.433. The molecule has 0 radical (unpaired) electrons. The summed E-state index contributed by atoms with van der Waals surface area (Å²) >= 11 is 9.41. The number of imidazole rings is 5. The van der Waals surface area contributed by atoms with Crippen LogP contribution in [0.5, 0.6) is 5.75 Å². The van der Waals surface area contributed by atoms with Crippen LogP contribution in [0.2, 0.25) is 5.02 Å². The molecule has 5 aromatic carbocycles. The lowest BCUT2D eigenvalue weighted by Crippen LogP contribution is -2.37. The number of ether oxygens (including phenoxy) is 6. The van der Waals surface area contributed by atoms with Gasteiger partial charge in [0.15, 0.2) is 55.8 Å². The Morgan fingerprint density at radius 3 is 0.809 bits per heavy atom. The van der Waals surface area contributed by atoms with Gasteiger partial charge in [-0.3, -0.25) is 69.6 Å². The van der Waals surface area contributed by atoms with Gasteiger partial charge in [-0.25, -0.2) is 53.3 Å². The summed E-state index contributed by atoms with van der Waals surface area (Å²) in [4.78, 5) is 148. The number of halogens is 3. The van der Waals surface area contributed by atoms with Crippen LogP contribution in [0.25, 0.3) is 55.8 Å². The Labute approximate surface area is 796 Å². The summed E-state index contributed by atoms with van der Waals surface area (Å²) < 4.78 is 69.7. The van der Waals surface area contributed by atoms with Crippen molar-refractivity contribution in [1.82, 2.24) is 93.4 Å². The standard InChI is InChI=1S/C20H26N4O4.C20H26N4O3.C19H23BrN4O3.C19H23ClN4O3.C19H23FN4O3/c1-5-10-28-11-9-16-21-18-17(19(25)23(3)20(26)22(18)2)24(16)13-14-7-6-8-15(12-14)27-4;1-5-11-27-12-10-16-21-18-17(19(25)23(4)20(26)22(18)3)24(16)13-15-8-6-14(2)7-9-15;2*1-4-10-27-11-9-15-21-17-16(18(25)23(3)19(26)22(17)2)24(15)12-13-5-7-14(20)8-6-13;1-4-9-27-10-8-15-21-17-16(18(25)23(3)19(26)22(17)2)24(15)12-13-6-5-7-14(20)11-13/h6-8,12H,5,9-11,13H2,1-4H3;6-9H,5,10-13H2,1-4H3;2*5-8H,4,9-12H2,1-3H3;5-7,11H,4,8-10,12H2,1-3H3. The highest BCUT2D eigenvalue weighted by molar-refractivity contribution is 9.10. The zero-order valence-electron chi connectivity index (χ0n) is 80.3. The van der Waals surface area contributed by atoms with Crippen molar-refractivity contribution in [3.05, 3.63) is 303 Å². The van der Waals surface area contributed by atoms with Crippen LogP contribution in [0.15, 0.2) is 174 Å². The molecule has 0 spiro atoms. The third kappa shape index (κ3) is 24.1. The maximum Gasteiger partial charge on any atom is 0.332 e. The molecule has 10 heterocycles. The first-order valence-corrected chi connectivity index (χ1v) is 46.5. The van der Waals surface area contributed by atoms with E-state index >= 15 is 0 Å². The molecule has 0 aliphatic carbocycles. The number of aryl methyl sites for hydroxylation is 6. The molecule has 36 nitrogen and oxygen atoms in total. The number of nitrogens with zero attached hydrogens (tertiary/aromatic N) is 20. The van der Waals surface area contributed by atoms with Gasteiger partial charge >= 0.3 is 28.4 Å². The molecule has 0 fully saturated rings. The minimum Gasteiger partial charge on any atom is -0.497 e. The van der Waals surface area contributed by atoms with E-state index in [1.807, 2.05) is 129 Å². The molecule has 0 saturated carbocycles. The van der Waals surface area contributed by atoms with Crippen LogP contribution < -0.4 is 61.0 Å². The van der Waals surface area contributed by atoms with Crippen LogP contribution in [0.3, 0.4) is 0 Å². The van der Waals surface area contributed by atoms with Gasteiger partial charge in [0, 0.05) is 178 Å². The molecule has 136 heavy (non-hydrogen) atoms. The molecule has 0 amide bonds. The van der Waals surface area contributed by atoms with Gasteiger partial charge in [-0.2, -0.15) is 0 Å². The van der Waals surface area contributed by atoms with Crippen LogP contribution in [0, 0.1) is 12.7 Å². The molecule has 0 saturated heterocycles. The van der Waals surface area contributed by atoms with Gasteiger partial charge in [0.1, 0.15) is 40.7 Å². The Hall–Kier alpha value is -12.9. The van der Waals surface area contributed by atoms with E-state index in [-0.39, 0.29) is 46.0 Å². The molecular formula is C97H121BrClFN20O16. The van der Waals surface area contributed by atoms with Gasteiger partial charge in [-0.15, -0.1) is 0 Å². The molecule has 0 bridgehead atoms. The maximum absolute atomic E-state index is 13.6. The summed E-state index contributed by atoms with van der Waals surface area (Å²) in [6, 6.07) is 37.5. The first kappa shape index (κ1) is 104. The Morgan fingerprint density at radius 2 is 0.551 bits per heavy atom. The van der Waals surface area contributed by atoms with E-state index in [2.05, 4.69) is 68.5 Å². The highest BCUT2D eigenvalue weighted by Crippen LogP contribution is 2.24. The van der Waals surface area contributed by atoms with Crippen molar-refractivity contribution in [2.24, 2.45) is 70.5 Å². The van der Waals surface area contributed by atoms with Crippen molar-refractivity contribution in [2.45, 2.75) is 138 Å². The minimum atomic E-state index is -0.434. The molecule has 0 atom stereocenters. The SMILES string of the molecule is CCCOCCc1nc2c(c(=O)n(C)c(=O)n2C)n1Cc1ccc(Br)cc1.CCCOCCc1nc2c(c(=O)n(C)c(=O)n2C)n1Cc1ccc(C)cc1.CCCOCCc1nc2c(c(=O)n(C)c(=O)n2C)n1Cc1ccc(Cl)cc1.CCCOCCc1nc2c(c(=O)n(C)c(=O)n2C)n1Cc1cccc(F)c1.CCCOCCc1nc2c(c(=O)n(C)c(=O)n2C)n1Cc1cccc(OC)c1. The van der Waals surface area contributed by atoms with E-state index in [0.29, 0.717) is 208 Å². The lowest BCUT2D eigenvalue weighted by molar-refractivity contribution is 0.136. The van der Waals surface area contributed by atoms with E-state index in [9.17, 15) is 52.3 Å². The second-order valence-corrected chi connectivity index (χ2v) is 34.3. The highest BCUT2D eigenvalue weighted by atomic mass is 79.9. The van der Waals surface area contributed by atoms with Crippen molar-refractivity contribution in [2.75, 3.05) is 73.2 Å². The van der Waals surface area contributed by atoms with E-state index in [4.69, 9.17) is 40.0 Å². The quantitative estimate of drug-likeness (QED) is 0.0330. The van der Waals surface area contributed by atoms with Crippen LogP contribution in [-0.4, -0.2) is 167 Å². The van der Waals surface area contributed by atoms with Gasteiger partial charge in [0.05, 0.1) is 40.1 Å². The van der Waals surface area contributed by atoms with Crippen LogP contribution >= 0.6 is 27.5 Å². The van der Waals surface area contributed by atoms with Crippen molar-refractivity contribution in [3.63, 3.8) is 0 Å². The predicted octanol–water partition coefficient (Wildman–Crippen LogP) is 9.13. The van der Waals surface area contributed by atoms with Gasteiger partial charge in [0.2, 0.25) is 0 Å². The van der Waals surface area contributed by atoms with Crippen LogP contribution in [0.1, 0.15) is 129 Å². The van der Waals surface area contributed by atoms with Crippen LogP contribution in [0.4, 0.5) is 4.39 Å². The topological polar surface area (TPSA) is 364 Å². The number of benzene rings is 5. The summed E-state index contributed by atoms with van der Waals surface area (Å²) in [6.45, 7) is 20.4. The van der Waals surface area contributed by atoms with E-state index in [1.54, 1.807) is 59.0 Å². The van der Waals surface area contributed by atoms with Crippen molar-refractivity contribution in [3.8, 4) is 5.75 Å². The average Bonchev–Trinajstić information content (AvgIpc) is 1.62. The fourth-order valence-electron chi connectivity index (χ4n) is 15.5. The summed E-state index contributed by atoms with van der Waals surface area (Å²) in [5, 5.41) is 0.653. The largest absolute Gasteiger partial charge is 0.497 e. The minimum absolute atomic E-state index is 0.283. The molecular weight excluding hydrogens is 1840 g/mol. The van der Waals surface area contributed by atoms with Gasteiger partial charge < -0.3 is 51.3 Å². The Bertz CT molecular complexity index is 6970. The van der Waals surface area contributed by atoms with Gasteiger partial charge in [-0.05, 0) is 115 Å². The molecule has 0 unspecified atom stereocenters. The number of hydrogen-bond acceptors (Lipinski definition) is 21. The first-order valence-electron chi connectivity index (χ1n) is 45.3. The average molecular weight is 1960 g/mol. The predicted molar refractivity (Wildman–Crippen MR) is 527 cm³/mol.